The lowest BCUT2D eigenvalue weighted by atomic mass is 10.5. The van der Waals surface area contributed by atoms with E-state index in [1.54, 1.807) is 6.92 Å². The Hall–Kier alpha value is -0.710. The standard InChI is InChI=1S/C14H23IO7/c1-2-21-13(16)3-4-14(17)22-12-11-20-10-9-19-8-7-18-6-5-15/h3-4H,2,5-12H2,1H3/b4-3-. The van der Waals surface area contributed by atoms with E-state index < -0.39 is 11.9 Å². The highest BCUT2D eigenvalue weighted by Gasteiger charge is 2.00. The first-order chi connectivity index (χ1) is 10.7. The van der Waals surface area contributed by atoms with Crippen LogP contribution in [0.25, 0.3) is 0 Å². The van der Waals surface area contributed by atoms with Crippen molar-refractivity contribution >= 4 is 34.5 Å². The maximum Gasteiger partial charge on any atom is 0.331 e. The molecule has 0 atom stereocenters. The summed E-state index contributed by atoms with van der Waals surface area (Å²) in [4.78, 5) is 22.1. The molecule has 0 fully saturated rings. The van der Waals surface area contributed by atoms with E-state index in [1.165, 1.54) is 0 Å². The van der Waals surface area contributed by atoms with Gasteiger partial charge in [-0.25, -0.2) is 9.59 Å². The van der Waals surface area contributed by atoms with Gasteiger partial charge < -0.3 is 23.7 Å². The molecule has 0 aliphatic heterocycles. The van der Waals surface area contributed by atoms with Gasteiger partial charge in [-0.05, 0) is 6.92 Å². The van der Waals surface area contributed by atoms with Crippen LogP contribution in [-0.2, 0) is 33.3 Å². The SMILES string of the molecule is CCOC(=O)/C=C\C(=O)OCCOCCOCCOCCI. The molecule has 7 nitrogen and oxygen atoms in total. The molecule has 0 saturated heterocycles. The Kier molecular flexibility index (Phi) is 16.1. The van der Waals surface area contributed by atoms with Gasteiger partial charge in [0, 0.05) is 16.6 Å². The number of carbonyl (C=O) groups excluding carboxylic acids is 2. The third-order valence-electron chi connectivity index (χ3n) is 2.08. The van der Waals surface area contributed by atoms with Crippen LogP contribution in [0.2, 0.25) is 0 Å². The molecule has 0 spiro atoms. The van der Waals surface area contributed by atoms with E-state index >= 15 is 0 Å². The summed E-state index contributed by atoms with van der Waals surface area (Å²) in [6.07, 6.45) is 2.05. The molecule has 0 amide bonds. The second kappa shape index (κ2) is 16.7. The zero-order chi connectivity index (χ0) is 16.5. The van der Waals surface area contributed by atoms with Gasteiger partial charge in [-0.15, -0.1) is 0 Å². The summed E-state index contributed by atoms with van der Waals surface area (Å²) < 4.78 is 26.1. The predicted molar refractivity (Wildman–Crippen MR) is 88.1 cm³/mol. The lowest BCUT2D eigenvalue weighted by Crippen LogP contribution is -2.13. The summed E-state index contributed by atoms with van der Waals surface area (Å²) in [5, 5.41) is 0. The molecule has 8 heteroatoms. The average Bonchev–Trinajstić information content (AvgIpc) is 2.51. The Balaban J connectivity index is 3.32. The molecule has 0 radical (unpaired) electrons. The highest BCUT2D eigenvalue weighted by atomic mass is 127. The number of esters is 2. The Labute approximate surface area is 144 Å². The molecule has 0 aromatic rings. The van der Waals surface area contributed by atoms with E-state index in [-0.39, 0.29) is 19.8 Å². The second-order valence-corrected chi connectivity index (χ2v) is 4.86. The number of ether oxygens (including phenoxy) is 5. The molecule has 128 valence electrons. The number of hydrogen-bond donors (Lipinski definition) is 0. The fourth-order valence-electron chi connectivity index (χ4n) is 1.17. The molecule has 0 rings (SSSR count). The second-order valence-electron chi connectivity index (χ2n) is 3.78. The monoisotopic (exact) mass is 430 g/mol. The summed E-state index contributed by atoms with van der Waals surface area (Å²) in [5.74, 6) is -1.18. The van der Waals surface area contributed by atoms with Crippen LogP contribution in [0.5, 0.6) is 0 Å². The van der Waals surface area contributed by atoms with Gasteiger partial charge in [0.05, 0.1) is 46.2 Å². The van der Waals surface area contributed by atoms with E-state index in [4.69, 9.17) is 18.9 Å². The van der Waals surface area contributed by atoms with Gasteiger partial charge >= 0.3 is 11.9 Å². The summed E-state index contributed by atoms with van der Waals surface area (Å²) in [6, 6.07) is 0. The van der Waals surface area contributed by atoms with Crippen molar-refractivity contribution < 1.29 is 33.3 Å². The van der Waals surface area contributed by atoms with E-state index in [0.29, 0.717) is 26.4 Å². The van der Waals surface area contributed by atoms with Gasteiger partial charge in [0.15, 0.2) is 0 Å². The van der Waals surface area contributed by atoms with Gasteiger partial charge in [-0.1, -0.05) is 22.6 Å². The first-order valence-electron chi connectivity index (χ1n) is 7.01. The molecule has 0 heterocycles. The average molecular weight is 430 g/mol. The van der Waals surface area contributed by atoms with Gasteiger partial charge in [0.1, 0.15) is 6.61 Å². The fourth-order valence-corrected chi connectivity index (χ4v) is 1.48. The Morgan fingerprint density at radius 1 is 0.773 bits per heavy atom. The molecule has 0 aliphatic rings. The van der Waals surface area contributed by atoms with Gasteiger partial charge in [-0.2, -0.15) is 0 Å². The topological polar surface area (TPSA) is 80.3 Å². The van der Waals surface area contributed by atoms with Gasteiger partial charge in [0.25, 0.3) is 0 Å². The van der Waals surface area contributed by atoms with E-state index in [9.17, 15) is 9.59 Å². The smallest absolute Gasteiger partial charge is 0.331 e. The van der Waals surface area contributed by atoms with Crippen LogP contribution in [0.1, 0.15) is 6.92 Å². The van der Waals surface area contributed by atoms with Crippen molar-refractivity contribution in [2.45, 2.75) is 6.92 Å². The van der Waals surface area contributed by atoms with Crippen molar-refractivity contribution in [3.8, 4) is 0 Å². The quantitative estimate of drug-likeness (QED) is 0.134. The molecule has 0 unspecified atom stereocenters. The first kappa shape index (κ1) is 21.3. The van der Waals surface area contributed by atoms with Crippen LogP contribution in [-0.4, -0.2) is 69.2 Å². The molecule has 0 N–H and O–H groups in total. The Morgan fingerprint density at radius 2 is 1.23 bits per heavy atom. The Bertz CT molecular complexity index is 320. The van der Waals surface area contributed by atoms with Crippen LogP contribution in [0, 0.1) is 0 Å². The minimum atomic E-state index is -0.611. The van der Waals surface area contributed by atoms with Crippen molar-refractivity contribution in [3.63, 3.8) is 0 Å². The summed E-state index contributed by atoms with van der Waals surface area (Å²) in [7, 11) is 0. The van der Waals surface area contributed by atoms with E-state index in [0.717, 1.165) is 23.2 Å². The Morgan fingerprint density at radius 3 is 1.73 bits per heavy atom. The molecule has 22 heavy (non-hydrogen) atoms. The fraction of sp³-hybridized carbons (Fsp3) is 0.714. The third-order valence-corrected chi connectivity index (χ3v) is 2.52. The number of halogens is 1. The van der Waals surface area contributed by atoms with Crippen molar-refractivity contribution in [2.24, 2.45) is 0 Å². The maximum absolute atomic E-state index is 11.2. The zero-order valence-electron chi connectivity index (χ0n) is 12.8. The molecule has 0 saturated carbocycles. The number of alkyl halides is 1. The zero-order valence-corrected chi connectivity index (χ0v) is 14.9. The van der Waals surface area contributed by atoms with Crippen LogP contribution in [0.15, 0.2) is 12.2 Å². The van der Waals surface area contributed by atoms with Crippen LogP contribution in [0.4, 0.5) is 0 Å². The summed E-state index contributed by atoms with van der Waals surface area (Å²) in [6.45, 7) is 5.06. The highest BCUT2D eigenvalue weighted by Crippen LogP contribution is 1.87. The minimum Gasteiger partial charge on any atom is -0.463 e. The minimum absolute atomic E-state index is 0.116. The maximum atomic E-state index is 11.2. The van der Waals surface area contributed by atoms with Crippen molar-refractivity contribution in [3.05, 3.63) is 12.2 Å². The molecular formula is C14H23IO7. The largest absolute Gasteiger partial charge is 0.463 e. The molecule has 0 aromatic heterocycles. The molecule has 0 aliphatic carbocycles. The van der Waals surface area contributed by atoms with Crippen molar-refractivity contribution in [1.29, 1.82) is 0 Å². The van der Waals surface area contributed by atoms with E-state index in [1.807, 2.05) is 0 Å². The first-order valence-corrected chi connectivity index (χ1v) is 8.54. The van der Waals surface area contributed by atoms with Crippen LogP contribution >= 0.6 is 22.6 Å². The van der Waals surface area contributed by atoms with Gasteiger partial charge in [0.2, 0.25) is 0 Å². The van der Waals surface area contributed by atoms with Crippen molar-refractivity contribution in [1.82, 2.24) is 0 Å². The van der Waals surface area contributed by atoms with E-state index in [2.05, 4.69) is 27.3 Å². The molecule has 0 bridgehead atoms. The molecule has 0 aromatic carbocycles. The molecular weight excluding hydrogens is 407 g/mol. The lowest BCUT2D eigenvalue weighted by molar-refractivity contribution is -0.141. The van der Waals surface area contributed by atoms with Crippen molar-refractivity contribution in [2.75, 3.05) is 57.3 Å². The van der Waals surface area contributed by atoms with Gasteiger partial charge in [-0.3, -0.25) is 0 Å². The number of carbonyl (C=O) groups is 2. The summed E-state index contributed by atoms with van der Waals surface area (Å²) >= 11 is 2.24. The van der Waals surface area contributed by atoms with Crippen LogP contribution in [0.3, 0.4) is 0 Å². The lowest BCUT2D eigenvalue weighted by Gasteiger charge is -2.06. The van der Waals surface area contributed by atoms with Crippen LogP contribution < -0.4 is 0 Å². The summed E-state index contributed by atoms with van der Waals surface area (Å²) in [5.41, 5.74) is 0. The number of hydrogen-bond acceptors (Lipinski definition) is 7. The third kappa shape index (κ3) is 15.7. The predicted octanol–water partition coefficient (Wildman–Crippen LogP) is 1.13. The highest BCUT2D eigenvalue weighted by molar-refractivity contribution is 14.1. The normalized spacial score (nSPS) is 10.8. The number of rotatable bonds is 14.